The number of nitrogens with zero attached hydrogens (tertiary/aromatic N) is 4. The fourth-order valence-electron chi connectivity index (χ4n) is 12.6. The van der Waals surface area contributed by atoms with Crippen molar-refractivity contribution in [1.82, 2.24) is 19.6 Å². The number of carbonyl (C=O) groups excluding carboxylic acids is 6. The normalized spacial score (nSPS) is 34.0. The Balaban J connectivity index is 0.000000341. The number of aliphatic hydroxyl groups is 4. The number of hydrogen-bond acceptors (Lipinski definition) is 20. The van der Waals surface area contributed by atoms with Crippen molar-refractivity contribution in [2.75, 3.05) is 66.5 Å². The van der Waals surface area contributed by atoms with Crippen molar-refractivity contribution in [1.29, 1.82) is 0 Å². The number of carbonyl (C=O) groups is 6. The summed E-state index contributed by atoms with van der Waals surface area (Å²) in [7, 11) is 4.05. The minimum absolute atomic E-state index is 0.0450. The molecule has 0 spiro atoms. The van der Waals surface area contributed by atoms with Crippen LogP contribution in [0.5, 0.6) is 0 Å². The molecule has 0 aromatic carbocycles. The lowest BCUT2D eigenvalue weighted by Gasteiger charge is -2.35. The van der Waals surface area contributed by atoms with Crippen LogP contribution < -0.4 is 0 Å². The lowest BCUT2D eigenvalue weighted by Crippen LogP contribution is -2.48. The van der Waals surface area contributed by atoms with Crippen LogP contribution in [0.2, 0.25) is 0 Å². The fourth-order valence-corrected chi connectivity index (χ4v) is 12.6. The van der Waals surface area contributed by atoms with Gasteiger partial charge in [-0.15, -0.1) is 0 Å². The quantitative estimate of drug-likeness (QED) is 0.0291. The van der Waals surface area contributed by atoms with E-state index in [1.54, 1.807) is 48.0 Å². The molecular weight excluding hydrogens is 1210 g/mol. The Bertz CT molecular complexity index is 2640. The summed E-state index contributed by atoms with van der Waals surface area (Å²) in [4.78, 5) is 83.3. The maximum Gasteiger partial charge on any atom is 0.410 e. The molecule has 20 atom stereocenters. The molecule has 22 heteroatoms. The Morgan fingerprint density at radius 2 is 1.04 bits per heavy atom. The van der Waals surface area contributed by atoms with Crippen molar-refractivity contribution in [2.45, 2.75) is 246 Å². The molecule has 0 radical (unpaired) electrons. The lowest BCUT2D eigenvalue weighted by molar-refractivity contribution is -0.158. The highest BCUT2D eigenvalue weighted by molar-refractivity contribution is 5.73. The predicted octanol–water partition coefficient (Wildman–Crippen LogP) is 8.83. The third kappa shape index (κ3) is 25.8. The summed E-state index contributed by atoms with van der Waals surface area (Å²) in [6.07, 6.45) is 16.2. The van der Waals surface area contributed by atoms with Gasteiger partial charge in [-0.1, -0.05) is 104 Å². The Morgan fingerprint density at radius 1 is 0.617 bits per heavy atom. The smallest absolute Gasteiger partial charge is 0.410 e. The molecule has 6 heterocycles. The second-order valence-corrected chi connectivity index (χ2v) is 28.1. The van der Waals surface area contributed by atoms with Gasteiger partial charge in [0.1, 0.15) is 47.8 Å². The second-order valence-electron chi connectivity index (χ2n) is 28.1. The maximum atomic E-state index is 13.3. The number of amides is 2. The molecule has 6 rings (SSSR count). The third-order valence-corrected chi connectivity index (χ3v) is 19.3. The average Bonchev–Trinajstić information content (AvgIpc) is 1.64. The highest BCUT2D eigenvalue weighted by atomic mass is 16.6. The number of ether oxygens (including phenoxy) is 8. The Kier molecular flexibility index (Phi) is 31.5. The Labute approximate surface area is 560 Å². The SMILES string of the molecule is CCC(O)C(C)C1OC1CC(C)/C=C/C=C(\C)C1OC(=O)CC(OC(=O)N2CCN(C)CC2)CCC(C)(O)C(OC(C)=O)/C=C/C1C.CCC(OC(=O)N1CCN(C)CC1)C(C)C1OC1CC(C)/C=C/C=C(\C)C1OC(=O)CC(O)CCC(C)(O)C(OC(C)=O)/C=C/C1C. The van der Waals surface area contributed by atoms with Gasteiger partial charge < -0.3 is 77.9 Å². The van der Waals surface area contributed by atoms with E-state index in [-0.39, 0.29) is 117 Å². The van der Waals surface area contributed by atoms with Gasteiger partial charge in [-0.25, -0.2) is 9.59 Å². The van der Waals surface area contributed by atoms with E-state index in [4.69, 9.17) is 37.9 Å². The first kappa shape index (κ1) is 79.2. The van der Waals surface area contributed by atoms with Gasteiger partial charge in [-0.05, 0) is 128 Å². The molecule has 22 nitrogen and oxygen atoms in total. The van der Waals surface area contributed by atoms with Crippen molar-refractivity contribution >= 4 is 36.1 Å². The van der Waals surface area contributed by atoms with Crippen LogP contribution in [0.3, 0.4) is 0 Å². The van der Waals surface area contributed by atoms with Gasteiger partial charge in [0.2, 0.25) is 0 Å². The highest BCUT2D eigenvalue weighted by Crippen LogP contribution is 2.39. The molecule has 6 aliphatic rings. The summed E-state index contributed by atoms with van der Waals surface area (Å²) in [5.41, 5.74) is -1.28. The van der Waals surface area contributed by atoms with Gasteiger partial charge in [-0.2, -0.15) is 0 Å². The summed E-state index contributed by atoms with van der Waals surface area (Å²) >= 11 is 0. The van der Waals surface area contributed by atoms with Crippen molar-refractivity contribution in [2.24, 2.45) is 35.5 Å². The van der Waals surface area contributed by atoms with E-state index in [1.807, 2.05) is 79.8 Å². The van der Waals surface area contributed by atoms with Crippen LogP contribution in [0.15, 0.2) is 71.9 Å². The molecule has 6 aliphatic heterocycles. The molecule has 2 amide bonds. The van der Waals surface area contributed by atoms with Gasteiger partial charge in [0.25, 0.3) is 0 Å². The number of hydrogen-bond donors (Lipinski definition) is 4. The molecule has 4 N–H and O–H groups in total. The zero-order valence-corrected chi connectivity index (χ0v) is 59.2. The van der Waals surface area contributed by atoms with E-state index in [1.165, 1.54) is 13.8 Å². The van der Waals surface area contributed by atoms with Crippen LogP contribution in [0, 0.1) is 35.5 Å². The molecular formula is C72H116N4O18. The number of piperazine rings is 2. The van der Waals surface area contributed by atoms with Crippen LogP contribution in [-0.2, 0) is 57.1 Å². The molecule has 4 fully saturated rings. The van der Waals surface area contributed by atoms with Crippen molar-refractivity contribution < 1.29 is 87.1 Å². The zero-order chi connectivity index (χ0) is 69.8. The Hall–Kier alpha value is -5.46. The van der Waals surface area contributed by atoms with Crippen LogP contribution >= 0.6 is 0 Å². The van der Waals surface area contributed by atoms with Gasteiger partial charge in [0.05, 0.1) is 49.5 Å². The van der Waals surface area contributed by atoms with E-state index < -0.39 is 77.8 Å². The van der Waals surface area contributed by atoms with Crippen LogP contribution in [0.4, 0.5) is 9.59 Å². The molecule has 0 bridgehead atoms. The first-order chi connectivity index (χ1) is 44.2. The first-order valence-corrected chi connectivity index (χ1v) is 34.4. The molecule has 532 valence electrons. The summed E-state index contributed by atoms with van der Waals surface area (Å²) in [6.45, 7) is 31.2. The Morgan fingerprint density at radius 3 is 1.48 bits per heavy atom. The van der Waals surface area contributed by atoms with E-state index in [0.717, 1.165) is 56.6 Å². The molecule has 0 saturated carbocycles. The number of likely N-dealkylation sites (N-methyl/N-ethyl adjacent to an activating group) is 2. The number of allylic oxidation sites excluding steroid dienone is 6. The van der Waals surface area contributed by atoms with E-state index in [2.05, 4.69) is 49.8 Å². The van der Waals surface area contributed by atoms with E-state index >= 15 is 0 Å². The monoisotopic (exact) mass is 1320 g/mol. The van der Waals surface area contributed by atoms with Gasteiger partial charge in [-0.3, -0.25) is 19.2 Å². The minimum atomic E-state index is -1.47. The summed E-state index contributed by atoms with van der Waals surface area (Å²) in [5.74, 6) is -2.06. The van der Waals surface area contributed by atoms with Gasteiger partial charge >= 0.3 is 36.1 Å². The first-order valence-electron chi connectivity index (χ1n) is 34.4. The van der Waals surface area contributed by atoms with Crippen molar-refractivity contribution in [3.05, 3.63) is 71.9 Å². The third-order valence-electron chi connectivity index (χ3n) is 19.3. The second kappa shape index (κ2) is 37.3. The molecule has 0 aliphatic carbocycles. The van der Waals surface area contributed by atoms with Crippen LogP contribution in [0.25, 0.3) is 0 Å². The molecule has 0 aromatic rings. The minimum Gasteiger partial charge on any atom is -0.457 e. The molecule has 0 aromatic heterocycles. The summed E-state index contributed by atoms with van der Waals surface area (Å²) in [5, 5.41) is 43.0. The largest absolute Gasteiger partial charge is 0.457 e. The highest BCUT2D eigenvalue weighted by Gasteiger charge is 2.48. The maximum absolute atomic E-state index is 13.3. The van der Waals surface area contributed by atoms with Crippen molar-refractivity contribution in [3.63, 3.8) is 0 Å². The topological polar surface area (TPSA) is 277 Å². The number of epoxide rings is 2. The van der Waals surface area contributed by atoms with Gasteiger partial charge in [0, 0.05) is 89.9 Å². The van der Waals surface area contributed by atoms with Gasteiger partial charge in [0.15, 0.2) is 0 Å². The standard InChI is InChI=1S/2C36H58N2O9/c1-9-29(40)26(5)34-30(46-34)21-23(2)11-10-12-24(3)33-25(4)13-14-31(44-27(6)39)36(7,43)16-15-28(22-32(41)47-33)45-35(42)38-19-17-37(8)18-20-38;1-9-29(46-35(42)38-19-17-37(8)18-20-38)26(5)34-30(45-34)21-23(2)11-10-12-24(3)33-25(4)13-14-31(44-27(6)39)36(7,43)16-15-28(40)22-32(41)47-33/h2*10-14,23,25-26,28-31,33-34,40,43H,9,15-22H2,1-8H3/b2*11-10+,14-13+,24-12+. The molecule has 94 heavy (non-hydrogen) atoms. The number of esters is 4. The van der Waals surface area contributed by atoms with Crippen molar-refractivity contribution in [3.8, 4) is 0 Å². The van der Waals surface area contributed by atoms with E-state index in [0.29, 0.717) is 32.6 Å². The number of rotatable bonds is 20. The molecule has 4 saturated heterocycles. The number of aliphatic hydroxyl groups excluding tert-OH is 2. The van der Waals surface area contributed by atoms with E-state index in [9.17, 15) is 49.2 Å². The lowest BCUT2D eigenvalue weighted by atomic mass is 9.88. The number of cyclic esters (lactones) is 2. The van der Waals surface area contributed by atoms with Crippen LogP contribution in [0.1, 0.15) is 161 Å². The fraction of sp³-hybridized carbons (Fsp3) is 0.750. The average molecular weight is 1330 g/mol. The zero-order valence-electron chi connectivity index (χ0n) is 59.2. The molecule has 20 unspecified atom stereocenters. The summed E-state index contributed by atoms with van der Waals surface area (Å²) < 4.78 is 46.4. The van der Waals surface area contributed by atoms with Crippen LogP contribution in [-0.4, -0.2) is 227 Å². The predicted molar refractivity (Wildman–Crippen MR) is 357 cm³/mol. The summed E-state index contributed by atoms with van der Waals surface area (Å²) in [6, 6.07) is 0.